The van der Waals surface area contributed by atoms with Gasteiger partial charge in [-0.2, -0.15) is 0 Å². The number of hydrogen-bond acceptors (Lipinski definition) is 3. The van der Waals surface area contributed by atoms with Crippen molar-refractivity contribution < 1.29 is 13.2 Å². The van der Waals surface area contributed by atoms with Gasteiger partial charge in [0.25, 0.3) is 5.91 Å². The number of benzene rings is 3. The summed E-state index contributed by atoms with van der Waals surface area (Å²) in [6.07, 6.45) is 1.99. The second kappa shape index (κ2) is 10.9. The summed E-state index contributed by atoms with van der Waals surface area (Å²) in [4.78, 5) is 12.9. The van der Waals surface area contributed by atoms with E-state index in [1.54, 1.807) is 48.5 Å². The lowest BCUT2D eigenvalue weighted by Crippen LogP contribution is -2.30. The summed E-state index contributed by atoms with van der Waals surface area (Å²) in [6, 6.07) is 23.6. The normalized spacial score (nSPS) is 12.4. The molecule has 0 radical (unpaired) electrons. The summed E-state index contributed by atoms with van der Waals surface area (Å²) in [6.45, 7) is 4.40. The van der Waals surface area contributed by atoms with Crippen molar-refractivity contribution in [3.8, 4) is 0 Å². The third-order valence-corrected chi connectivity index (χ3v) is 6.63. The Morgan fingerprint density at radius 3 is 2.21 bits per heavy atom. The first kappa shape index (κ1) is 24.8. The van der Waals surface area contributed by atoms with Crippen LogP contribution in [0.1, 0.15) is 47.8 Å². The molecule has 3 aromatic rings. The molecule has 1 N–H and O–H groups in total. The van der Waals surface area contributed by atoms with Gasteiger partial charge in [0.1, 0.15) is 0 Å². The van der Waals surface area contributed by atoms with Gasteiger partial charge in [0.2, 0.25) is 10.0 Å². The van der Waals surface area contributed by atoms with Crippen LogP contribution in [-0.2, 0) is 16.6 Å². The van der Waals surface area contributed by atoms with Crippen LogP contribution in [0.5, 0.6) is 0 Å². The van der Waals surface area contributed by atoms with Crippen molar-refractivity contribution in [2.24, 2.45) is 5.92 Å². The fourth-order valence-corrected chi connectivity index (χ4v) is 4.70. The van der Waals surface area contributed by atoms with Crippen LogP contribution >= 0.6 is 11.6 Å². The molecule has 0 aliphatic rings. The molecule has 3 rings (SSSR count). The van der Waals surface area contributed by atoms with Gasteiger partial charge in [-0.15, -0.1) is 0 Å². The van der Waals surface area contributed by atoms with E-state index in [1.165, 1.54) is 4.31 Å². The maximum atomic E-state index is 12.9. The summed E-state index contributed by atoms with van der Waals surface area (Å²) >= 11 is 6.05. The van der Waals surface area contributed by atoms with Crippen LogP contribution in [0, 0.1) is 5.92 Å². The van der Waals surface area contributed by atoms with E-state index in [9.17, 15) is 13.2 Å². The first-order chi connectivity index (χ1) is 15.6. The van der Waals surface area contributed by atoms with Crippen molar-refractivity contribution >= 4 is 33.2 Å². The van der Waals surface area contributed by atoms with Crippen molar-refractivity contribution in [1.29, 1.82) is 0 Å². The van der Waals surface area contributed by atoms with Crippen molar-refractivity contribution in [3.63, 3.8) is 0 Å². The number of rotatable bonds is 9. The molecule has 0 fully saturated rings. The second-order valence-corrected chi connectivity index (χ2v) is 10.9. The van der Waals surface area contributed by atoms with Crippen molar-refractivity contribution in [3.05, 3.63) is 101 Å². The van der Waals surface area contributed by atoms with Gasteiger partial charge in [0, 0.05) is 10.6 Å². The zero-order valence-electron chi connectivity index (χ0n) is 19.0. The minimum Gasteiger partial charge on any atom is -0.345 e. The molecule has 174 valence electrons. The molecule has 0 saturated heterocycles. The van der Waals surface area contributed by atoms with Crippen molar-refractivity contribution in [1.82, 2.24) is 5.32 Å². The molecule has 5 nitrogen and oxygen atoms in total. The predicted octanol–water partition coefficient (Wildman–Crippen LogP) is 5.82. The lowest BCUT2D eigenvalue weighted by atomic mass is 9.96. The molecule has 1 amide bonds. The van der Waals surface area contributed by atoms with E-state index in [-0.39, 0.29) is 18.5 Å². The molecule has 0 bridgehead atoms. The molecular weight excluding hydrogens is 456 g/mol. The van der Waals surface area contributed by atoms with Gasteiger partial charge < -0.3 is 5.32 Å². The van der Waals surface area contributed by atoms with Crippen molar-refractivity contribution in [2.75, 3.05) is 10.6 Å². The molecule has 33 heavy (non-hydrogen) atoms. The molecule has 0 aliphatic heterocycles. The van der Waals surface area contributed by atoms with Gasteiger partial charge in [0.15, 0.2) is 0 Å². The highest BCUT2D eigenvalue weighted by Crippen LogP contribution is 2.25. The Morgan fingerprint density at radius 2 is 1.64 bits per heavy atom. The highest BCUT2D eigenvalue weighted by Gasteiger charge is 2.20. The molecule has 0 aliphatic carbocycles. The molecule has 1 unspecified atom stereocenters. The van der Waals surface area contributed by atoms with Crippen LogP contribution in [0.3, 0.4) is 0 Å². The topological polar surface area (TPSA) is 66.5 Å². The first-order valence-corrected chi connectivity index (χ1v) is 13.0. The second-order valence-electron chi connectivity index (χ2n) is 8.51. The molecule has 0 heterocycles. The fourth-order valence-electron chi connectivity index (χ4n) is 3.64. The minimum absolute atomic E-state index is 0.0815. The third kappa shape index (κ3) is 7.07. The van der Waals surface area contributed by atoms with Crippen LogP contribution in [-0.4, -0.2) is 20.6 Å². The standard InChI is InChI=1S/C26H29ClN2O3S/c1-19(2)16-25(21-8-5-4-6-9-21)28-26(30)22-14-12-20(13-15-22)18-29(33(3,31)32)24-11-7-10-23(27)17-24/h4-15,17,19,25H,16,18H2,1-3H3,(H,28,30). The molecule has 7 heteroatoms. The number of amides is 1. The van der Waals surface area contributed by atoms with Gasteiger partial charge in [-0.1, -0.05) is 74.0 Å². The number of sulfonamides is 1. The molecule has 3 aromatic carbocycles. The SMILES string of the molecule is CC(C)CC(NC(=O)c1ccc(CN(c2cccc(Cl)c2)S(C)(=O)=O)cc1)c1ccccc1. The monoisotopic (exact) mass is 484 g/mol. The number of carbonyl (C=O) groups excluding carboxylic acids is 1. The van der Waals surface area contributed by atoms with E-state index in [0.717, 1.165) is 23.8 Å². The Bertz CT molecular complexity index is 1180. The Kier molecular flexibility index (Phi) is 8.16. The largest absolute Gasteiger partial charge is 0.345 e. The van der Waals surface area contributed by atoms with Gasteiger partial charge >= 0.3 is 0 Å². The average Bonchev–Trinajstić information content (AvgIpc) is 2.77. The Morgan fingerprint density at radius 1 is 0.970 bits per heavy atom. The number of carbonyl (C=O) groups is 1. The quantitative estimate of drug-likeness (QED) is 0.416. The number of halogens is 1. The highest BCUT2D eigenvalue weighted by atomic mass is 35.5. The van der Waals surface area contributed by atoms with Crippen LogP contribution in [0.2, 0.25) is 5.02 Å². The van der Waals surface area contributed by atoms with Crippen LogP contribution in [0.25, 0.3) is 0 Å². The maximum absolute atomic E-state index is 12.9. The summed E-state index contributed by atoms with van der Waals surface area (Å²) in [5.41, 5.74) is 2.85. The molecule has 0 spiro atoms. The van der Waals surface area contributed by atoms with Crippen LogP contribution in [0.15, 0.2) is 78.9 Å². The number of nitrogens with zero attached hydrogens (tertiary/aromatic N) is 1. The minimum atomic E-state index is -3.52. The summed E-state index contributed by atoms with van der Waals surface area (Å²) in [7, 11) is -3.52. The van der Waals surface area contributed by atoms with E-state index < -0.39 is 10.0 Å². The fraction of sp³-hybridized carbons (Fsp3) is 0.269. The number of nitrogens with one attached hydrogen (secondary N) is 1. The van der Waals surface area contributed by atoms with Gasteiger partial charge in [-0.3, -0.25) is 9.10 Å². The van der Waals surface area contributed by atoms with Gasteiger partial charge in [-0.05, 0) is 53.8 Å². The third-order valence-electron chi connectivity index (χ3n) is 5.25. The smallest absolute Gasteiger partial charge is 0.251 e. The summed E-state index contributed by atoms with van der Waals surface area (Å²) < 4.78 is 26.1. The Balaban J connectivity index is 1.76. The zero-order valence-corrected chi connectivity index (χ0v) is 20.6. The van der Waals surface area contributed by atoms with E-state index in [1.807, 2.05) is 30.3 Å². The predicted molar refractivity (Wildman–Crippen MR) is 135 cm³/mol. The van der Waals surface area contributed by atoms with E-state index in [2.05, 4.69) is 19.2 Å². The van der Waals surface area contributed by atoms with Gasteiger partial charge in [0.05, 0.1) is 24.5 Å². The molecular formula is C26H29ClN2O3S. The van der Waals surface area contributed by atoms with Crippen molar-refractivity contribution in [2.45, 2.75) is 32.9 Å². The van der Waals surface area contributed by atoms with Crippen LogP contribution < -0.4 is 9.62 Å². The Hall–Kier alpha value is -2.83. The Labute approximate surface area is 201 Å². The lowest BCUT2D eigenvalue weighted by Gasteiger charge is -2.23. The first-order valence-electron chi connectivity index (χ1n) is 10.8. The lowest BCUT2D eigenvalue weighted by molar-refractivity contribution is 0.0932. The van der Waals surface area contributed by atoms with E-state index >= 15 is 0 Å². The molecule has 1 atom stereocenters. The highest BCUT2D eigenvalue weighted by molar-refractivity contribution is 7.92. The average molecular weight is 485 g/mol. The number of hydrogen-bond donors (Lipinski definition) is 1. The summed E-state index contributed by atoms with van der Waals surface area (Å²) in [5, 5.41) is 3.60. The van der Waals surface area contributed by atoms with E-state index in [4.69, 9.17) is 11.6 Å². The van der Waals surface area contributed by atoms with Gasteiger partial charge in [-0.25, -0.2) is 8.42 Å². The maximum Gasteiger partial charge on any atom is 0.251 e. The van der Waals surface area contributed by atoms with E-state index in [0.29, 0.717) is 22.2 Å². The zero-order chi connectivity index (χ0) is 24.0. The molecule has 0 saturated carbocycles. The molecule has 0 aromatic heterocycles. The van der Waals surface area contributed by atoms with Crippen LogP contribution in [0.4, 0.5) is 5.69 Å². The summed E-state index contributed by atoms with van der Waals surface area (Å²) in [5.74, 6) is 0.261. The number of anilines is 1.